The van der Waals surface area contributed by atoms with Crippen LogP contribution in [-0.2, 0) is 11.3 Å². The average Bonchev–Trinajstić information content (AvgIpc) is 3.30. The molecule has 1 aromatic heterocycles. The quantitative estimate of drug-likeness (QED) is 0.817. The van der Waals surface area contributed by atoms with Gasteiger partial charge in [-0.25, -0.2) is 9.78 Å². The first-order valence-electron chi connectivity index (χ1n) is 8.97. The Morgan fingerprint density at radius 1 is 1.21 bits per heavy atom. The van der Waals surface area contributed by atoms with Crippen LogP contribution in [0.5, 0.6) is 0 Å². The fourth-order valence-electron chi connectivity index (χ4n) is 4.20. The van der Waals surface area contributed by atoms with Crippen LogP contribution in [0.25, 0.3) is 0 Å². The summed E-state index contributed by atoms with van der Waals surface area (Å²) in [6, 6.07) is 0.218. The first-order valence-corrected chi connectivity index (χ1v) is 9.84. The Morgan fingerprint density at radius 3 is 2.88 bits per heavy atom. The van der Waals surface area contributed by atoms with Gasteiger partial charge in [-0.2, -0.15) is 0 Å². The summed E-state index contributed by atoms with van der Waals surface area (Å²) in [5.41, 5.74) is 0.0865. The second-order valence-electron chi connectivity index (χ2n) is 7.34. The van der Waals surface area contributed by atoms with Gasteiger partial charge in [0.05, 0.1) is 19.8 Å². The highest BCUT2D eigenvalue weighted by atomic mass is 32.1. The number of carbonyl (C=O) groups excluding carboxylic acids is 1. The van der Waals surface area contributed by atoms with Crippen molar-refractivity contribution < 1.29 is 9.53 Å². The second-order valence-corrected chi connectivity index (χ2v) is 8.32. The zero-order valence-corrected chi connectivity index (χ0v) is 15.0. The molecule has 0 bridgehead atoms. The van der Waals surface area contributed by atoms with Crippen LogP contribution >= 0.6 is 11.3 Å². The van der Waals surface area contributed by atoms with Gasteiger partial charge in [-0.15, -0.1) is 11.3 Å². The summed E-state index contributed by atoms with van der Waals surface area (Å²) in [5.74, 6) is 0. The number of rotatable bonds is 2. The molecule has 7 heteroatoms. The molecule has 132 valence electrons. The van der Waals surface area contributed by atoms with Crippen LogP contribution in [0.2, 0.25) is 0 Å². The van der Waals surface area contributed by atoms with E-state index in [0.717, 1.165) is 71.7 Å². The van der Waals surface area contributed by atoms with Crippen molar-refractivity contribution in [1.82, 2.24) is 19.7 Å². The molecule has 4 heterocycles. The first kappa shape index (κ1) is 16.3. The minimum absolute atomic E-state index is 0.0865. The normalized spacial score (nSPS) is 28.7. The number of urea groups is 1. The lowest BCUT2D eigenvalue weighted by atomic mass is 9.87. The van der Waals surface area contributed by atoms with Gasteiger partial charge in [0, 0.05) is 49.7 Å². The van der Waals surface area contributed by atoms with Crippen LogP contribution < -0.4 is 0 Å². The number of hydrogen-bond donors (Lipinski definition) is 0. The van der Waals surface area contributed by atoms with Crippen molar-refractivity contribution in [2.24, 2.45) is 5.41 Å². The van der Waals surface area contributed by atoms with Gasteiger partial charge < -0.3 is 14.5 Å². The number of nitrogens with zero attached hydrogens (tertiary/aromatic N) is 4. The Hall–Kier alpha value is -1.18. The standard InChI is InChI=1S/C17H26N4O2S/c22-16(20-5-1-2-6-20)21-8-9-23-14-17(13-21)3-7-19(12-17)11-15-18-4-10-24-15/h4,10H,1-3,5-9,11-14H2. The lowest BCUT2D eigenvalue weighted by molar-refractivity contribution is 0.0710. The fraction of sp³-hybridized carbons (Fsp3) is 0.765. The number of ether oxygens (including phenoxy) is 1. The highest BCUT2D eigenvalue weighted by Gasteiger charge is 2.42. The predicted octanol–water partition coefficient (Wildman–Crippen LogP) is 1.88. The minimum atomic E-state index is 0.0865. The van der Waals surface area contributed by atoms with Crippen molar-refractivity contribution in [2.45, 2.75) is 25.8 Å². The van der Waals surface area contributed by atoms with Gasteiger partial charge in [-0.1, -0.05) is 0 Å². The summed E-state index contributed by atoms with van der Waals surface area (Å²) in [7, 11) is 0. The summed E-state index contributed by atoms with van der Waals surface area (Å²) in [6.07, 6.45) is 5.25. The highest BCUT2D eigenvalue weighted by Crippen LogP contribution is 2.34. The molecule has 4 rings (SSSR count). The topological polar surface area (TPSA) is 48.9 Å². The minimum Gasteiger partial charge on any atom is -0.379 e. The molecule has 0 aromatic carbocycles. The summed E-state index contributed by atoms with van der Waals surface area (Å²) in [6.45, 7) is 7.79. The molecule has 0 saturated carbocycles. The monoisotopic (exact) mass is 350 g/mol. The van der Waals surface area contributed by atoms with Gasteiger partial charge in [-0.3, -0.25) is 4.90 Å². The SMILES string of the molecule is O=C(N1CCCC1)N1CCOCC2(CCN(Cc3nccs3)C2)C1. The summed E-state index contributed by atoms with van der Waals surface area (Å²) >= 11 is 1.72. The summed E-state index contributed by atoms with van der Waals surface area (Å²) in [5, 5.41) is 3.21. The fourth-order valence-corrected chi connectivity index (χ4v) is 4.85. The molecule has 3 aliphatic rings. The number of likely N-dealkylation sites (tertiary alicyclic amines) is 2. The Kier molecular flexibility index (Phi) is 4.74. The van der Waals surface area contributed by atoms with E-state index in [0.29, 0.717) is 6.61 Å². The Bertz CT molecular complexity index is 561. The molecule has 24 heavy (non-hydrogen) atoms. The largest absolute Gasteiger partial charge is 0.379 e. The van der Waals surface area contributed by atoms with Crippen LogP contribution in [-0.4, -0.2) is 78.2 Å². The van der Waals surface area contributed by atoms with Crippen LogP contribution in [0, 0.1) is 5.41 Å². The van der Waals surface area contributed by atoms with Gasteiger partial charge in [0.2, 0.25) is 0 Å². The Morgan fingerprint density at radius 2 is 2.08 bits per heavy atom. The van der Waals surface area contributed by atoms with Crippen molar-refractivity contribution in [3.63, 3.8) is 0 Å². The third-order valence-electron chi connectivity index (χ3n) is 5.45. The van der Waals surface area contributed by atoms with E-state index in [1.165, 1.54) is 5.01 Å². The second kappa shape index (κ2) is 6.98. The van der Waals surface area contributed by atoms with E-state index >= 15 is 0 Å². The molecule has 3 saturated heterocycles. The van der Waals surface area contributed by atoms with Crippen LogP contribution in [0.1, 0.15) is 24.3 Å². The Balaban J connectivity index is 1.41. The molecule has 1 aromatic rings. The van der Waals surface area contributed by atoms with Crippen molar-refractivity contribution in [3.8, 4) is 0 Å². The van der Waals surface area contributed by atoms with Gasteiger partial charge in [0.15, 0.2) is 0 Å². The molecule has 3 aliphatic heterocycles. The maximum Gasteiger partial charge on any atom is 0.320 e. The zero-order valence-electron chi connectivity index (χ0n) is 14.2. The number of amides is 2. The molecule has 0 N–H and O–H groups in total. The first-order chi connectivity index (χ1) is 11.7. The van der Waals surface area contributed by atoms with Crippen molar-refractivity contribution in [1.29, 1.82) is 0 Å². The maximum absolute atomic E-state index is 12.8. The molecule has 6 nitrogen and oxygen atoms in total. The molecule has 1 unspecified atom stereocenters. The van der Waals surface area contributed by atoms with Gasteiger partial charge in [0.1, 0.15) is 5.01 Å². The van der Waals surface area contributed by atoms with Gasteiger partial charge in [0.25, 0.3) is 0 Å². The average molecular weight is 350 g/mol. The van der Waals surface area contributed by atoms with E-state index in [9.17, 15) is 4.79 Å². The van der Waals surface area contributed by atoms with Crippen molar-refractivity contribution in [2.75, 3.05) is 52.5 Å². The number of hydrogen-bond acceptors (Lipinski definition) is 5. The van der Waals surface area contributed by atoms with Crippen molar-refractivity contribution in [3.05, 3.63) is 16.6 Å². The van der Waals surface area contributed by atoms with E-state index < -0.39 is 0 Å². The van der Waals surface area contributed by atoms with E-state index in [-0.39, 0.29) is 11.4 Å². The lowest BCUT2D eigenvalue weighted by Crippen LogP contribution is -2.48. The third kappa shape index (κ3) is 3.43. The molecular weight excluding hydrogens is 324 g/mol. The number of aromatic nitrogens is 1. The van der Waals surface area contributed by atoms with E-state index in [1.807, 2.05) is 21.4 Å². The number of thiazole rings is 1. The lowest BCUT2D eigenvalue weighted by Gasteiger charge is -2.34. The van der Waals surface area contributed by atoms with Crippen LogP contribution in [0.4, 0.5) is 4.79 Å². The summed E-state index contributed by atoms with van der Waals surface area (Å²) < 4.78 is 5.91. The van der Waals surface area contributed by atoms with E-state index in [2.05, 4.69) is 9.88 Å². The third-order valence-corrected chi connectivity index (χ3v) is 6.21. The molecule has 1 atom stereocenters. The van der Waals surface area contributed by atoms with E-state index in [4.69, 9.17) is 4.74 Å². The van der Waals surface area contributed by atoms with Gasteiger partial charge >= 0.3 is 6.03 Å². The molecule has 3 fully saturated rings. The van der Waals surface area contributed by atoms with Crippen LogP contribution in [0.3, 0.4) is 0 Å². The van der Waals surface area contributed by atoms with E-state index in [1.54, 1.807) is 11.3 Å². The summed E-state index contributed by atoms with van der Waals surface area (Å²) in [4.78, 5) is 23.7. The number of carbonyl (C=O) groups is 1. The predicted molar refractivity (Wildman–Crippen MR) is 93.0 cm³/mol. The molecule has 1 spiro atoms. The Labute approximate surface area is 147 Å². The van der Waals surface area contributed by atoms with Crippen LogP contribution in [0.15, 0.2) is 11.6 Å². The zero-order chi connectivity index (χ0) is 16.4. The molecule has 0 radical (unpaired) electrons. The smallest absolute Gasteiger partial charge is 0.320 e. The highest BCUT2D eigenvalue weighted by molar-refractivity contribution is 7.09. The van der Waals surface area contributed by atoms with Gasteiger partial charge in [-0.05, 0) is 25.8 Å². The van der Waals surface area contributed by atoms with Crippen molar-refractivity contribution >= 4 is 17.4 Å². The molecular formula is C17H26N4O2S. The maximum atomic E-state index is 12.8. The molecule has 0 aliphatic carbocycles. The molecule has 2 amide bonds.